The van der Waals surface area contributed by atoms with E-state index in [9.17, 15) is 13.6 Å². The van der Waals surface area contributed by atoms with Gasteiger partial charge in [-0.3, -0.25) is 4.79 Å². The number of halogens is 2. The van der Waals surface area contributed by atoms with E-state index in [4.69, 9.17) is 0 Å². The number of pyridine rings is 1. The zero-order valence-electron chi connectivity index (χ0n) is 11.9. The molecule has 0 amide bonds. The Bertz CT molecular complexity index is 1100. The van der Waals surface area contributed by atoms with Gasteiger partial charge in [0.1, 0.15) is 0 Å². The molecule has 1 aromatic carbocycles. The molecule has 8 heteroatoms. The van der Waals surface area contributed by atoms with Crippen LogP contribution in [0.3, 0.4) is 0 Å². The van der Waals surface area contributed by atoms with Crippen molar-refractivity contribution in [2.45, 2.75) is 13.3 Å². The number of H-pyrrole nitrogens is 1. The molecule has 23 heavy (non-hydrogen) atoms. The summed E-state index contributed by atoms with van der Waals surface area (Å²) in [5, 5.41) is 3.92. The summed E-state index contributed by atoms with van der Waals surface area (Å²) in [5.74, 6) is -0.496. The predicted molar refractivity (Wildman–Crippen MR) is 84.1 cm³/mol. The highest BCUT2D eigenvalue weighted by Crippen LogP contribution is 2.28. The number of benzene rings is 1. The molecule has 3 heterocycles. The number of aryl methyl sites for hydroxylation is 1. The number of aromatic amines is 1. The molecule has 0 unspecified atom stereocenters. The summed E-state index contributed by atoms with van der Waals surface area (Å²) in [7, 11) is 0. The van der Waals surface area contributed by atoms with Crippen molar-refractivity contribution in [1.29, 1.82) is 0 Å². The Balaban J connectivity index is 2.01. The number of hydrogen-bond donors (Lipinski definition) is 1. The Morgan fingerprint density at radius 3 is 2.87 bits per heavy atom. The van der Waals surface area contributed by atoms with Gasteiger partial charge in [-0.1, -0.05) is 23.5 Å². The molecule has 0 saturated carbocycles. The van der Waals surface area contributed by atoms with Gasteiger partial charge >= 0.3 is 4.87 Å². The SMILES string of the molecule is Cc1ccc2nc(C(F)F)nn2c1-c1ccc2[nH]c(=O)sc2c1. The number of nitrogens with one attached hydrogen (secondary N) is 1. The monoisotopic (exact) mass is 332 g/mol. The summed E-state index contributed by atoms with van der Waals surface area (Å²) in [6.07, 6.45) is -2.72. The zero-order chi connectivity index (χ0) is 16.1. The minimum atomic E-state index is -2.72. The highest BCUT2D eigenvalue weighted by atomic mass is 32.1. The van der Waals surface area contributed by atoms with Gasteiger partial charge in [0.25, 0.3) is 6.43 Å². The van der Waals surface area contributed by atoms with Gasteiger partial charge in [0.15, 0.2) is 5.65 Å². The topological polar surface area (TPSA) is 63.1 Å². The second kappa shape index (κ2) is 4.95. The third-order valence-electron chi connectivity index (χ3n) is 3.61. The van der Waals surface area contributed by atoms with Crippen LogP contribution in [-0.2, 0) is 0 Å². The Morgan fingerprint density at radius 2 is 2.09 bits per heavy atom. The highest BCUT2D eigenvalue weighted by Gasteiger charge is 2.17. The normalized spacial score (nSPS) is 11.8. The van der Waals surface area contributed by atoms with Crippen LogP contribution < -0.4 is 4.87 Å². The van der Waals surface area contributed by atoms with Crippen LogP contribution >= 0.6 is 11.3 Å². The summed E-state index contributed by atoms with van der Waals surface area (Å²) in [5.41, 5.74) is 3.47. The van der Waals surface area contributed by atoms with E-state index >= 15 is 0 Å². The van der Waals surface area contributed by atoms with E-state index in [-0.39, 0.29) is 4.87 Å². The van der Waals surface area contributed by atoms with E-state index in [0.29, 0.717) is 11.3 Å². The maximum Gasteiger partial charge on any atom is 0.305 e. The van der Waals surface area contributed by atoms with Crippen molar-refractivity contribution in [3.05, 3.63) is 51.4 Å². The third-order valence-corrected chi connectivity index (χ3v) is 4.45. The van der Waals surface area contributed by atoms with Gasteiger partial charge < -0.3 is 4.98 Å². The van der Waals surface area contributed by atoms with E-state index in [1.54, 1.807) is 12.1 Å². The first-order chi connectivity index (χ1) is 11.0. The quantitative estimate of drug-likeness (QED) is 0.611. The van der Waals surface area contributed by atoms with Crippen molar-refractivity contribution < 1.29 is 8.78 Å². The minimum Gasteiger partial charge on any atom is -0.312 e. The van der Waals surface area contributed by atoms with Crippen molar-refractivity contribution in [1.82, 2.24) is 19.6 Å². The van der Waals surface area contributed by atoms with Crippen molar-refractivity contribution in [2.24, 2.45) is 0 Å². The van der Waals surface area contributed by atoms with E-state index in [1.165, 1.54) is 4.52 Å². The Hall–Kier alpha value is -2.61. The van der Waals surface area contributed by atoms with Crippen molar-refractivity contribution in [3.63, 3.8) is 0 Å². The summed E-state index contributed by atoms with van der Waals surface area (Å²) < 4.78 is 28.0. The van der Waals surface area contributed by atoms with Crippen LogP contribution in [0.2, 0.25) is 0 Å². The fourth-order valence-corrected chi connectivity index (χ4v) is 3.37. The number of thiazole rings is 1. The molecule has 0 spiro atoms. The second-order valence-corrected chi connectivity index (χ2v) is 6.15. The molecule has 116 valence electrons. The van der Waals surface area contributed by atoms with Crippen molar-refractivity contribution in [2.75, 3.05) is 0 Å². The third kappa shape index (κ3) is 2.22. The fourth-order valence-electron chi connectivity index (χ4n) is 2.59. The van der Waals surface area contributed by atoms with Crippen LogP contribution in [0.25, 0.3) is 27.1 Å². The second-order valence-electron chi connectivity index (χ2n) is 5.13. The zero-order valence-corrected chi connectivity index (χ0v) is 12.7. The molecule has 0 fully saturated rings. The first-order valence-corrected chi connectivity index (χ1v) is 7.62. The smallest absolute Gasteiger partial charge is 0.305 e. The number of alkyl halides is 2. The van der Waals surface area contributed by atoms with Gasteiger partial charge in [-0.25, -0.2) is 18.3 Å². The number of aromatic nitrogens is 4. The molecule has 0 aliphatic carbocycles. The van der Waals surface area contributed by atoms with Crippen molar-refractivity contribution >= 4 is 27.2 Å². The molecular formula is C15H10F2N4OS. The maximum atomic E-state index is 12.9. The lowest BCUT2D eigenvalue weighted by molar-refractivity contribution is 0.140. The van der Waals surface area contributed by atoms with Crippen molar-refractivity contribution in [3.8, 4) is 11.3 Å². The standard InChI is InChI=1S/C15H10F2N4OS/c1-7-2-5-11-19-14(13(16)17)20-21(11)12(7)8-3-4-9-10(6-8)23-15(22)18-9/h2-6,13H,1H3,(H,18,22). The maximum absolute atomic E-state index is 12.9. The molecule has 0 bridgehead atoms. The number of nitrogens with zero attached hydrogens (tertiary/aromatic N) is 3. The van der Waals surface area contributed by atoms with Gasteiger partial charge in [-0.15, -0.1) is 5.10 Å². The first kappa shape index (κ1) is 14.0. The Morgan fingerprint density at radius 1 is 1.26 bits per heavy atom. The van der Waals surface area contributed by atoms with E-state index in [0.717, 1.165) is 32.7 Å². The van der Waals surface area contributed by atoms with Gasteiger partial charge in [0.2, 0.25) is 5.82 Å². The fraction of sp³-hybridized carbons (Fsp3) is 0.133. The average molecular weight is 332 g/mol. The van der Waals surface area contributed by atoms with Gasteiger partial charge in [-0.2, -0.15) is 0 Å². The largest absolute Gasteiger partial charge is 0.312 e. The predicted octanol–water partition coefficient (Wildman–Crippen LogP) is 3.55. The first-order valence-electron chi connectivity index (χ1n) is 6.80. The minimum absolute atomic E-state index is 0.132. The molecule has 0 aliphatic rings. The Kier molecular flexibility index (Phi) is 3.02. The van der Waals surface area contributed by atoms with Crippen LogP contribution in [-0.4, -0.2) is 19.6 Å². The molecule has 3 aromatic heterocycles. The summed E-state index contributed by atoms with van der Waals surface area (Å²) >= 11 is 1.11. The molecule has 4 aromatic rings. The molecule has 0 saturated heterocycles. The summed E-state index contributed by atoms with van der Waals surface area (Å²) in [6.45, 7) is 1.88. The molecule has 0 aliphatic heterocycles. The molecule has 1 N–H and O–H groups in total. The van der Waals surface area contributed by atoms with Crippen LogP contribution in [0.15, 0.2) is 35.1 Å². The van der Waals surface area contributed by atoms with Gasteiger partial charge in [-0.05, 0) is 30.7 Å². The highest BCUT2D eigenvalue weighted by molar-refractivity contribution is 7.16. The van der Waals surface area contributed by atoms with E-state index in [2.05, 4.69) is 15.1 Å². The summed E-state index contributed by atoms with van der Waals surface area (Å²) in [6, 6.07) is 8.95. The molecule has 0 radical (unpaired) electrons. The Labute approximate surface area is 132 Å². The van der Waals surface area contributed by atoms with Crippen LogP contribution in [0.1, 0.15) is 17.8 Å². The lowest BCUT2D eigenvalue weighted by atomic mass is 10.1. The van der Waals surface area contributed by atoms with Gasteiger partial charge in [0.05, 0.1) is 15.9 Å². The average Bonchev–Trinajstić information content (AvgIpc) is 3.08. The lowest BCUT2D eigenvalue weighted by Gasteiger charge is -2.08. The van der Waals surface area contributed by atoms with Crippen LogP contribution in [0.5, 0.6) is 0 Å². The molecule has 4 rings (SSSR count). The molecule has 0 atom stereocenters. The summed E-state index contributed by atoms with van der Waals surface area (Å²) in [4.78, 5) is 17.9. The molecule has 5 nitrogen and oxygen atoms in total. The number of rotatable bonds is 2. The van der Waals surface area contributed by atoms with E-state index < -0.39 is 12.2 Å². The lowest BCUT2D eigenvalue weighted by Crippen LogP contribution is -1.98. The molecular weight excluding hydrogens is 322 g/mol. The number of hydrogen-bond acceptors (Lipinski definition) is 4. The van der Waals surface area contributed by atoms with Crippen LogP contribution in [0, 0.1) is 6.92 Å². The van der Waals surface area contributed by atoms with E-state index in [1.807, 2.05) is 25.1 Å². The number of fused-ring (bicyclic) bond motifs is 2. The van der Waals surface area contributed by atoms with Gasteiger partial charge in [0, 0.05) is 5.56 Å². The van der Waals surface area contributed by atoms with Crippen LogP contribution in [0.4, 0.5) is 8.78 Å².